The molecule has 0 saturated heterocycles. The zero-order valence-corrected chi connectivity index (χ0v) is 13.6. The summed E-state index contributed by atoms with van der Waals surface area (Å²) in [4.78, 5) is 11.7. The van der Waals surface area contributed by atoms with Crippen LogP contribution in [-0.4, -0.2) is 20.2 Å². The summed E-state index contributed by atoms with van der Waals surface area (Å²) >= 11 is 0. The molecule has 120 valence electrons. The van der Waals surface area contributed by atoms with E-state index in [2.05, 4.69) is 0 Å². The minimum atomic E-state index is -0.425. The second kappa shape index (κ2) is 7.49. The number of nitrogen functional groups attached to an aromatic ring is 1. The van der Waals surface area contributed by atoms with Gasteiger partial charge in [-0.1, -0.05) is 35.9 Å². The zero-order valence-electron chi connectivity index (χ0n) is 13.6. The van der Waals surface area contributed by atoms with Crippen molar-refractivity contribution in [1.29, 1.82) is 0 Å². The Balaban J connectivity index is 2.21. The number of ether oxygens (including phenoxy) is 2. The van der Waals surface area contributed by atoms with Gasteiger partial charge in [0.2, 0.25) is 0 Å². The highest BCUT2D eigenvalue weighted by atomic mass is 16.5. The van der Waals surface area contributed by atoms with Crippen molar-refractivity contribution < 1.29 is 14.3 Å². The average Bonchev–Trinajstić information content (AvgIpc) is 2.56. The lowest BCUT2D eigenvalue weighted by Crippen LogP contribution is -2.06. The van der Waals surface area contributed by atoms with Crippen molar-refractivity contribution in [1.82, 2.24) is 0 Å². The maximum Gasteiger partial charge on any atom is 0.339 e. The van der Waals surface area contributed by atoms with Gasteiger partial charge in [-0.25, -0.2) is 4.79 Å². The van der Waals surface area contributed by atoms with Crippen LogP contribution in [0.4, 0.5) is 5.69 Å². The van der Waals surface area contributed by atoms with Crippen LogP contribution in [0.2, 0.25) is 0 Å². The van der Waals surface area contributed by atoms with Crippen molar-refractivity contribution in [3.05, 3.63) is 64.7 Å². The lowest BCUT2D eigenvalue weighted by atomic mass is 10.0. The molecule has 0 aromatic heterocycles. The SMILES string of the molecule is COC(=O)c1cccc(C=C(C)Cc2ccc(OC)cc2)c1N. The highest BCUT2D eigenvalue weighted by Crippen LogP contribution is 2.22. The van der Waals surface area contributed by atoms with E-state index in [1.807, 2.05) is 43.3 Å². The number of benzene rings is 2. The molecule has 2 N–H and O–H groups in total. The standard InChI is InChI=1S/C19H21NO3/c1-13(11-14-7-9-16(22-2)10-8-14)12-15-5-4-6-17(18(15)20)19(21)23-3/h4-10,12H,11,20H2,1-3H3. The summed E-state index contributed by atoms with van der Waals surface area (Å²) < 4.78 is 9.90. The van der Waals surface area contributed by atoms with Gasteiger partial charge >= 0.3 is 5.97 Å². The van der Waals surface area contributed by atoms with E-state index < -0.39 is 5.97 Å². The number of rotatable bonds is 5. The first-order valence-corrected chi connectivity index (χ1v) is 7.32. The summed E-state index contributed by atoms with van der Waals surface area (Å²) in [7, 11) is 3.00. The molecule has 23 heavy (non-hydrogen) atoms. The van der Waals surface area contributed by atoms with E-state index in [1.54, 1.807) is 19.2 Å². The highest BCUT2D eigenvalue weighted by molar-refractivity contribution is 5.97. The number of anilines is 1. The molecule has 4 heteroatoms. The van der Waals surface area contributed by atoms with Gasteiger partial charge in [0.15, 0.2) is 0 Å². The number of hydrogen-bond acceptors (Lipinski definition) is 4. The number of allylic oxidation sites excluding steroid dienone is 1. The van der Waals surface area contributed by atoms with Crippen LogP contribution in [0.25, 0.3) is 6.08 Å². The largest absolute Gasteiger partial charge is 0.497 e. The fourth-order valence-electron chi connectivity index (χ4n) is 2.38. The Hall–Kier alpha value is -2.75. The highest BCUT2D eigenvalue weighted by Gasteiger charge is 2.11. The molecule has 2 aromatic rings. The van der Waals surface area contributed by atoms with Gasteiger partial charge in [0.05, 0.1) is 25.5 Å². The lowest BCUT2D eigenvalue weighted by Gasteiger charge is -2.08. The molecular formula is C19H21NO3. The fourth-order valence-corrected chi connectivity index (χ4v) is 2.38. The van der Waals surface area contributed by atoms with Crippen LogP contribution in [-0.2, 0) is 11.2 Å². The van der Waals surface area contributed by atoms with Gasteiger partial charge < -0.3 is 15.2 Å². The Kier molecular flexibility index (Phi) is 5.41. The minimum absolute atomic E-state index is 0.387. The fraction of sp³-hybridized carbons (Fsp3) is 0.211. The molecule has 0 bridgehead atoms. The summed E-state index contributed by atoms with van der Waals surface area (Å²) in [5.74, 6) is 0.413. The topological polar surface area (TPSA) is 61.5 Å². The number of carbonyl (C=O) groups is 1. The lowest BCUT2D eigenvalue weighted by molar-refractivity contribution is 0.0602. The summed E-state index contributed by atoms with van der Waals surface area (Å²) in [6.45, 7) is 2.04. The second-order valence-electron chi connectivity index (χ2n) is 5.32. The predicted molar refractivity (Wildman–Crippen MR) is 92.5 cm³/mol. The zero-order chi connectivity index (χ0) is 16.8. The van der Waals surface area contributed by atoms with Crippen LogP contribution in [0, 0.1) is 0 Å². The molecule has 0 fully saturated rings. The first kappa shape index (κ1) is 16.6. The first-order valence-electron chi connectivity index (χ1n) is 7.32. The second-order valence-corrected chi connectivity index (χ2v) is 5.32. The van der Waals surface area contributed by atoms with Gasteiger partial charge in [-0.3, -0.25) is 0 Å². The van der Waals surface area contributed by atoms with Crippen LogP contribution in [0.3, 0.4) is 0 Å². The van der Waals surface area contributed by atoms with Gasteiger partial charge in [-0.15, -0.1) is 0 Å². The number of hydrogen-bond donors (Lipinski definition) is 1. The molecule has 0 spiro atoms. The van der Waals surface area contributed by atoms with Gasteiger partial charge in [0, 0.05) is 0 Å². The molecule has 0 aliphatic heterocycles. The van der Waals surface area contributed by atoms with E-state index in [9.17, 15) is 4.79 Å². The molecule has 0 heterocycles. The van der Waals surface area contributed by atoms with Crippen LogP contribution >= 0.6 is 0 Å². The molecule has 2 aromatic carbocycles. The molecule has 4 nitrogen and oxygen atoms in total. The minimum Gasteiger partial charge on any atom is -0.497 e. The Morgan fingerprint density at radius 2 is 1.83 bits per heavy atom. The molecule has 0 aliphatic rings. The summed E-state index contributed by atoms with van der Waals surface area (Å²) in [6, 6.07) is 13.3. The van der Waals surface area contributed by atoms with Crippen molar-refractivity contribution in [2.24, 2.45) is 0 Å². The third kappa shape index (κ3) is 4.13. The normalized spacial score (nSPS) is 11.2. The maximum absolute atomic E-state index is 11.7. The number of para-hydroxylation sites is 1. The summed E-state index contributed by atoms with van der Waals surface area (Å²) in [5, 5.41) is 0. The Morgan fingerprint density at radius 3 is 2.43 bits per heavy atom. The van der Waals surface area contributed by atoms with E-state index in [-0.39, 0.29) is 0 Å². The van der Waals surface area contributed by atoms with Crippen molar-refractivity contribution in [2.75, 3.05) is 20.0 Å². The van der Waals surface area contributed by atoms with Gasteiger partial charge in [0.25, 0.3) is 0 Å². The summed E-state index contributed by atoms with van der Waals surface area (Å²) in [5.41, 5.74) is 10.0. The Bertz CT molecular complexity index is 718. The van der Waals surface area contributed by atoms with E-state index in [0.717, 1.165) is 23.3 Å². The van der Waals surface area contributed by atoms with Crippen LogP contribution in [0.1, 0.15) is 28.4 Å². The molecular weight excluding hydrogens is 290 g/mol. The number of methoxy groups -OCH3 is 2. The summed E-state index contributed by atoms with van der Waals surface area (Å²) in [6.07, 6.45) is 2.79. The molecule has 0 unspecified atom stereocenters. The predicted octanol–water partition coefficient (Wildman–Crippen LogP) is 3.71. The average molecular weight is 311 g/mol. The van der Waals surface area contributed by atoms with Crippen molar-refractivity contribution >= 4 is 17.7 Å². The first-order chi connectivity index (χ1) is 11.0. The van der Waals surface area contributed by atoms with Crippen LogP contribution < -0.4 is 10.5 Å². The number of nitrogens with two attached hydrogens (primary N) is 1. The van der Waals surface area contributed by atoms with Crippen molar-refractivity contribution in [3.63, 3.8) is 0 Å². The van der Waals surface area contributed by atoms with E-state index in [4.69, 9.17) is 15.2 Å². The van der Waals surface area contributed by atoms with Gasteiger partial charge in [-0.2, -0.15) is 0 Å². The molecule has 0 saturated carbocycles. The van der Waals surface area contributed by atoms with E-state index in [0.29, 0.717) is 11.3 Å². The van der Waals surface area contributed by atoms with Crippen LogP contribution in [0.5, 0.6) is 5.75 Å². The van der Waals surface area contributed by atoms with Gasteiger partial charge in [0.1, 0.15) is 5.75 Å². The molecule has 0 atom stereocenters. The number of esters is 1. The smallest absolute Gasteiger partial charge is 0.339 e. The van der Waals surface area contributed by atoms with Crippen molar-refractivity contribution in [3.8, 4) is 5.75 Å². The third-order valence-corrected chi connectivity index (χ3v) is 3.59. The Labute approximate surface area is 136 Å². The monoisotopic (exact) mass is 311 g/mol. The number of carbonyl (C=O) groups excluding carboxylic acids is 1. The quantitative estimate of drug-likeness (QED) is 0.675. The van der Waals surface area contributed by atoms with E-state index in [1.165, 1.54) is 12.7 Å². The van der Waals surface area contributed by atoms with E-state index >= 15 is 0 Å². The molecule has 0 radical (unpaired) electrons. The Morgan fingerprint density at radius 1 is 1.13 bits per heavy atom. The molecule has 0 amide bonds. The maximum atomic E-state index is 11.7. The molecule has 2 rings (SSSR count). The third-order valence-electron chi connectivity index (χ3n) is 3.59. The van der Waals surface area contributed by atoms with Crippen molar-refractivity contribution in [2.45, 2.75) is 13.3 Å². The van der Waals surface area contributed by atoms with Crippen LogP contribution in [0.15, 0.2) is 48.0 Å². The molecule has 0 aliphatic carbocycles. The van der Waals surface area contributed by atoms with Gasteiger partial charge in [-0.05, 0) is 42.7 Å².